The van der Waals surface area contributed by atoms with Crippen LogP contribution in [0.1, 0.15) is 0 Å². The summed E-state index contributed by atoms with van der Waals surface area (Å²) in [7, 11) is 0. The lowest BCUT2D eigenvalue weighted by molar-refractivity contribution is -0.981. The molecule has 0 bridgehead atoms. The number of piperazine rings is 1. The van der Waals surface area contributed by atoms with Crippen LogP contribution in [0.4, 0.5) is 5.69 Å². The lowest BCUT2D eigenvalue weighted by atomic mass is 10.2. The van der Waals surface area contributed by atoms with Gasteiger partial charge in [-0.2, -0.15) is 0 Å². The summed E-state index contributed by atoms with van der Waals surface area (Å²) in [6.45, 7) is 4.67. The third-order valence-corrected chi connectivity index (χ3v) is 3.17. The van der Waals surface area contributed by atoms with Crippen LogP contribution >= 0.6 is 0 Å². The smallest absolute Gasteiger partial charge is 0.272 e. The van der Waals surface area contributed by atoms with Gasteiger partial charge in [0, 0.05) is 0 Å². The Kier molecular flexibility index (Phi) is 3.54. The molecule has 0 aromatic heterocycles. The molecule has 1 fully saturated rings. The van der Waals surface area contributed by atoms with Crippen LogP contribution in [0.3, 0.4) is 0 Å². The number of amides is 1. The van der Waals surface area contributed by atoms with Gasteiger partial charge in [-0.05, 0) is 12.1 Å². The number of carbonyl (C=O) groups is 1. The van der Waals surface area contributed by atoms with E-state index >= 15 is 0 Å². The van der Waals surface area contributed by atoms with Crippen molar-refractivity contribution >= 4 is 11.6 Å². The SMILES string of the molecule is NC(=O)C[NH+]1CC[NH+](c2ccccc2)CC1. The molecule has 16 heavy (non-hydrogen) atoms. The van der Waals surface area contributed by atoms with Crippen molar-refractivity contribution in [3.8, 4) is 0 Å². The number of quaternary nitrogens is 2. The summed E-state index contributed by atoms with van der Waals surface area (Å²) >= 11 is 0. The highest BCUT2D eigenvalue weighted by Gasteiger charge is 2.24. The van der Waals surface area contributed by atoms with E-state index in [0.29, 0.717) is 6.54 Å². The first-order valence-corrected chi connectivity index (χ1v) is 5.77. The summed E-state index contributed by atoms with van der Waals surface area (Å²) in [5.74, 6) is -0.196. The highest BCUT2D eigenvalue weighted by atomic mass is 16.1. The van der Waals surface area contributed by atoms with Crippen molar-refractivity contribution in [2.75, 3.05) is 32.7 Å². The fourth-order valence-corrected chi connectivity index (χ4v) is 2.29. The van der Waals surface area contributed by atoms with Crippen molar-refractivity contribution in [1.29, 1.82) is 0 Å². The first kappa shape index (κ1) is 11.1. The van der Waals surface area contributed by atoms with Gasteiger partial charge in [-0.25, -0.2) is 0 Å². The van der Waals surface area contributed by atoms with Crippen molar-refractivity contribution in [2.24, 2.45) is 5.73 Å². The Morgan fingerprint density at radius 2 is 1.75 bits per heavy atom. The minimum absolute atomic E-state index is 0.196. The van der Waals surface area contributed by atoms with E-state index in [4.69, 9.17) is 5.73 Å². The topological polar surface area (TPSA) is 52.0 Å². The van der Waals surface area contributed by atoms with E-state index in [0.717, 1.165) is 26.2 Å². The van der Waals surface area contributed by atoms with Gasteiger partial charge in [0.25, 0.3) is 5.91 Å². The molecule has 1 aliphatic rings. The molecule has 86 valence electrons. The first-order valence-electron chi connectivity index (χ1n) is 5.77. The predicted octanol–water partition coefficient (Wildman–Crippen LogP) is -2.41. The molecule has 4 heteroatoms. The highest BCUT2D eigenvalue weighted by Crippen LogP contribution is 1.97. The Hall–Kier alpha value is -1.39. The zero-order valence-corrected chi connectivity index (χ0v) is 9.41. The maximum atomic E-state index is 10.8. The average Bonchev–Trinajstić information content (AvgIpc) is 2.30. The van der Waals surface area contributed by atoms with E-state index in [1.165, 1.54) is 15.5 Å². The molecule has 4 N–H and O–H groups in total. The van der Waals surface area contributed by atoms with Crippen molar-refractivity contribution in [1.82, 2.24) is 0 Å². The molecule has 0 radical (unpaired) electrons. The molecule has 0 unspecified atom stereocenters. The van der Waals surface area contributed by atoms with Crippen molar-refractivity contribution in [2.45, 2.75) is 0 Å². The molecule has 4 nitrogen and oxygen atoms in total. The summed E-state index contributed by atoms with van der Waals surface area (Å²) in [6.07, 6.45) is 0. The molecule has 1 aromatic rings. The van der Waals surface area contributed by atoms with E-state index in [2.05, 4.69) is 24.3 Å². The van der Waals surface area contributed by atoms with E-state index in [-0.39, 0.29) is 5.91 Å². The van der Waals surface area contributed by atoms with Crippen LogP contribution in [-0.4, -0.2) is 38.6 Å². The van der Waals surface area contributed by atoms with Crippen LogP contribution < -0.4 is 15.5 Å². The maximum Gasteiger partial charge on any atom is 0.272 e. The minimum Gasteiger partial charge on any atom is -0.365 e. The van der Waals surface area contributed by atoms with Gasteiger partial charge in [-0.1, -0.05) is 18.2 Å². The second-order valence-electron chi connectivity index (χ2n) is 4.36. The second kappa shape index (κ2) is 5.09. The van der Waals surface area contributed by atoms with Crippen LogP contribution in [0.15, 0.2) is 30.3 Å². The van der Waals surface area contributed by atoms with Crippen LogP contribution in [0, 0.1) is 0 Å². The zero-order chi connectivity index (χ0) is 11.4. The number of hydrogen-bond donors (Lipinski definition) is 3. The molecule has 1 saturated heterocycles. The fourth-order valence-electron chi connectivity index (χ4n) is 2.29. The fraction of sp³-hybridized carbons (Fsp3) is 0.417. The lowest BCUT2D eigenvalue weighted by Gasteiger charge is -2.28. The molecule has 1 aliphatic heterocycles. The molecule has 0 atom stereocenters. The van der Waals surface area contributed by atoms with Gasteiger partial charge in [0.05, 0.1) is 0 Å². The third kappa shape index (κ3) is 2.81. The van der Waals surface area contributed by atoms with Gasteiger partial charge >= 0.3 is 0 Å². The number of benzene rings is 1. The molecular formula is C12H19N3O+2. The number of carbonyl (C=O) groups excluding carboxylic acids is 1. The zero-order valence-electron chi connectivity index (χ0n) is 9.41. The van der Waals surface area contributed by atoms with Crippen molar-refractivity contribution in [3.63, 3.8) is 0 Å². The van der Waals surface area contributed by atoms with Gasteiger partial charge in [-0.3, -0.25) is 9.69 Å². The Balaban J connectivity index is 1.88. The van der Waals surface area contributed by atoms with Gasteiger partial charge in [0.2, 0.25) is 0 Å². The van der Waals surface area contributed by atoms with Gasteiger partial charge < -0.3 is 10.6 Å². The van der Waals surface area contributed by atoms with E-state index in [1.807, 2.05) is 6.07 Å². The summed E-state index contributed by atoms with van der Waals surface area (Å²) < 4.78 is 0. The first-order chi connectivity index (χ1) is 7.75. The molecule has 1 amide bonds. The molecule has 0 spiro atoms. The van der Waals surface area contributed by atoms with E-state index < -0.39 is 0 Å². The maximum absolute atomic E-state index is 10.8. The van der Waals surface area contributed by atoms with Gasteiger partial charge in [0.15, 0.2) is 6.54 Å². The third-order valence-electron chi connectivity index (χ3n) is 3.17. The Bertz CT molecular complexity index is 345. The van der Waals surface area contributed by atoms with Crippen LogP contribution in [0.5, 0.6) is 0 Å². The van der Waals surface area contributed by atoms with E-state index in [1.54, 1.807) is 0 Å². The number of hydrogen-bond acceptors (Lipinski definition) is 1. The van der Waals surface area contributed by atoms with Gasteiger partial charge in [0.1, 0.15) is 31.9 Å². The van der Waals surface area contributed by atoms with Crippen LogP contribution in [0.2, 0.25) is 0 Å². The number of nitrogens with one attached hydrogen (secondary N) is 2. The minimum atomic E-state index is -0.196. The Morgan fingerprint density at radius 3 is 2.31 bits per heavy atom. The molecular weight excluding hydrogens is 202 g/mol. The second-order valence-corrected chi connectivity index (χ2v) is 4.36. The number of primary amides is 1. The van der Waals surface area contributed by atoms with Crippen molar-refractivity contribution in [3.05, 3.63) is 30.3 Å². The summed E-state index contributed by atoms with van der Waals surface area (Å²) in [6, 6.07) is 10.5. The van der Waals surface area contributed by atoms with E-state index in [9.17, 15) is 4.79 Å². The molecule has 2 rings (SSSR count). The number of rotatable bonds is 3. The molecule has 0 aliphatic carbocycles. The van der Waals surface area contributed by atoms with Crippen LogP contribution in [-0.2, 0) is 4.79 Å². The molecule has 0 saturated carbocycles. The molecule has 1 aromatic carbocycles. The molecule has 1 heterocycles. The normalized spacial score (nSPS) is 25.2. The Labute approximate surface area is 95.6 Å². The lowest BCUT2D eigenvalue weighted by Crippen LogP contribution is -3.26. The largest absolute Gasteiger partial charge is 0.365 e. The monoisotopic (exact) mass is 221 g/mol. The standard InChI is InChI=1S/C12H17N3O/c13-12(16)10-14-6-8-15(9-7-14)11-4-2-1-3-5-11/h1-5H,6-10H2,(H2,13,16)/p+2. The Morgan fingerprint density at radius 1 is 1.12 bits per heavy atom. The number of nitrogens with two attached hydrogens (primary N) is 1. The predicted molar refractivity (Wildman–Crippen MR) is 61.6 cm³/mol. The summed E-state index contributed by atoms with van der Waals surface area (Å²) in [4.78, 5) is 13.6. The van der Waals surface area contributed by atoms with Crippen molar-refractivity contribution < 1.29 is 14.6 Å². The average molecular weight is 221 g/mol. The highest BCUT2D eigenvalue weighted by molar-refractivity contribution is 5.74. The van der Waals surface area contributed by atoms with Gasteiger partial charge in [-0.15, -0.1) is 0 Å². The summed E-state index contributed by atoms with van der Waals surface area (Å²) in [5, 5.41) is 0. The quantitative estimate of drug-likeness (QED) is 0.523. The number of para-hydroxylation sites is 1. The summed E-state index contributed by atoms with van der Waals surface area (Å²) in [5.41, 5.74) is 6.55. The van der Waals surface area contributed by atoms with Crippen LogP contribution in [0.25, 0.3) is 0 Å².